The number of ether oxygens (including phenoxy) is 3. The van der Waals surface area contributed by atoms with Crippen LogP contribution in [-0.4, -0.2) is 39.0 Å². The summed E-state index contributed by atoms with van der Waals surface area (Å²) in [5, 5.41) is 12.4. The number of carbonyl (C=O) groups excluding carboxylic acids is 1. The Morgan fingerprint density at radius 3 is 2.62 bits per heavy atom. The van der Waals surface area contributed by atoms with Crippen molar-refractivity contribution in [1.29, 1.82) is 0 Å². The molecule has 0 saturated heterocycles. The monoisotopic (exact) mass is 524 g/mol. The molecule has 0 aliphatic heterocycles. The molecule has 0 saturated carbocycles. The standard InChI is InChI=1S/C27H28N2O7S/c1-5-6-12-34-22-21(25(31)32)23-19(11-13-37-23)29(24(22)30)15-16-7-9-18-17(14-16)8-10-20(28-18)35-26(33)36-27(2,3)4/h7-11,13-14H,5-6,12,15H2,1-4H3,(H,31,32). The summed E-state index contributed by atoms with van der Waals surface area (Å²) in [7, 11) is 0. The molecule has 10 heteroatoms. The maximum atomic E-state index is 13.4. The molecule has 1 N–H and O–H groups in total. The molecule has 0 bridgehead atoms. The molecular weight excluding hydrogens is 496 g/mol. The number of carboxylic acid groups (broad SMARTS) is 1. The van der Waals surface area contributed by atoms with E-state index < -0.39 is 23.3 Å². The highest BCUT2D eigenvalue weighted by molar-refractivity contribution is 7.17. The largest absolute Gasteiger partial charge is 0.515 e. The third-order valence-corrected chi connectivity index (χ3v) is 6.35. The number of aromatic nitrogens is 2. The molecule has 4 aromatic rings. The highest BCUT2D eigenvalue weighted by Crippen LogP contribution is 2.30. The van der Waals surface area contributed by atoms with Crippen LogP contribution in [0.15, 0.2) is 46.6 Å². The average molecular weight is 525 g/mol. The van der Waals surface area contributed by atoms with Crippen LogP contribution in [0.3, 0.4) is 0 Å². The van der Waals surface area contributed by atoms with Crippen LogP contribution in [0.25, 0.3) is 21.1 Å². The van der Waals surface area contributed by atoms with Crippen molar-refractivity contribution >= 4 is 44.6 Å². The molecular formula is C27H28N2O7S. The quantitative estimate of drug-likeness (QED) is 0.225. The molecule has 9 nitrogen and oxygen atoms in total. The smallest absolute Gasteiger partial charge is 0.487 e. The van der Waals surface area contributed by atoms with Crippen molar-refractivity contribution in [3.05, 3.63) is 63.3 Å². The molecule has 0 radical (unpaired) electrons. The second kappa shape index (κ2) is 10.6. The van der Waals surface area contributed by atoms with Crippen LogP contribution in [0.2, 0.25) is 0 Å². The molecule has 0 fully saturated rings. The third-order valence-electron chi connectivity index (χ3n) is 5.43. The minimum atomic E-state index is -1.19. The van der Waals surface area contributed by atoms with Crippen LogP contribution in [0, 0.1) is 0 Å². The van der Waals surface area contributed by atoms with Gasteiger partial charge >= 0.3 is 12.1 Å². The summed E-state index contributed by atoms with van der Waals surface area (Å²) in [6.07, 6.45) is 0.725. The predicted octanol–water partition coefficient (Wildman–Crippen LogP) is 5.85. The van der Waals surface area contributed by atoms with E-state index in [1.807, 2.05) is 19.1 Å². The Labute approximate surface area is 217 Å². The minimum Gasteiger partial charge on any atom is -0.487 e. The number of fused-ring (bicyclic) bond motifs is 2. The van der Waals surface area contributed by atoms with Gasteiger partial charge in [0.2, 0.25) is 11.6 Å². The van der Waals surface area contributed by atoms with Gasteiger partial charge in [-0.15, -0.1) is 11.3 Å². The van der Waals surface area contributed by atoms with E-state index in [0.29, 0.717) is 22.2 Å². The zero-order valence-corrected chi connectivity index (χ0v) is 21.9. The Morgan fingerprint density at radius 1 is 1.14 bits per heavy atom. The number of hydrogen-bond acceptors (Lipinski definition) is 8. The van der Waals surface area contributed by atoms with Crippen LogP contribution >= 0.6 is 11.3 Å². The van der Waals surface area contributed by atoms with E-state index in [1.165, 1.54) is 15.9 Å². The second-order valence-electron chi connectivity index (χ2n) is 9.48. The first-order valence-electron chi connectivity index (χ1n) is 11.9. The zero-order valence-electron chi connectivity index (χ0n) is 21.1. The summed E-state index contributed by atoms with van der Waals surface area (Å²) in [4.78, 5) is 41.8. The van der Waals surface area contributed by atoms with E-state index in [2.05, 4.69) is 4.98 Å². The van der Waals surface area contributed by atoms with Gasteiger partial charge in [-0.1, -0.05) is 19.4 Å². The van der Waals surface area contributed by atoms with Crippen molar-refractivity contribution in [1.82, 2.24) is 9.55 Å². The van der Waals surface area contributed by atoms with E-state index in [9.17, 15) is 19.5 Å². The first-order chi connectivity index (χ1) is 17.6. The maximum absolute atomic E-state index is 13.4. The van der Waals surface area contributed by atoms with Gasteiger partial charge in [-0.2, -0.15) is 0 Å². The van der Waals surface area contributed by atoms with Gasteiger partial charge in [-0.25, -0.2) is 14.6 Å². The number of hydrogen-bond donors (Lipinski definition) is 1. The molecule has 3 aromatic heterocycles. The Morgan fingerprint density at radius 2 is 1.92 bits per heavy atom. The maximum Gasteiger partial charge on any atom is 0.515 e. The number of thiophene rings is 1. The van der Waals surface area contributed by atoms with Crippen LogP contribution in [0.5, 0.6) is 11.6 Å². The van der Waals surface area contributed by atoms with Gasteiger partial charge in [-0.3, -0.25) is 9.36 Å². The van der Waals surface area contributed by atoms with Crippen molar-refractivity contribution in [3.63, 3.8) is 0 Å². The number of carbonyl (C=O) groups is 2. The fraction of sp³-hybridized carbons (Fsp3) is 0.333. The summed E-state index contributed by atoms with van der Waals surface area (Å²) in [6.45, 7) is 7.70. The van der Waals surface area contributed by atoms with Crippen LogP contribution in [0.4, 0.5) is 4.79 Å². The summed E-state index contributed by atoms with van der Waals surface area (Å²) in [5.41, 5.74) is 0.684. The summed E-state index contributed by atoms with van der Waals surface area (Å²) < 4.78 is 18.1. The van der Waals surface area contributed by atoms with E-state index in [4.69, 9.17) is 14.2 Å². The van der Waals surface area contributed by atoms with Crippen LogP contribution < -0.4 is 15.0 Å². The number of aromatic carboxylic acids is 1. The number of carboxylic acids is 1. The Hall–Kier alpha value is -3.92. The number of unbranched alkanes of at least 4 members (excludes halogenated alkanes) is 1. The number of pyridine rings is 2. The van der Waals surface area contributed by atoms with Gasteiger partial charge in [0.1, 0.15) is 11.2 Å². The SMILES string of the molecule is CCCCOc1c(C(=O)O)c2sccc2n(Cc2ccc3nc(OC(=O)OC(C)(C)C)ccc3c2)c1=O. The molecule has 0 aliphatic carbocycles. The average Bonchev–Trinajstić information content (AvgIpc) is 3.29. The van der Waals surface area contributed by atoms with Gasteiger partial charge in [-0.05, 0) is 62.4 Å². The van der Waals surface area contributed by atoms with E-state index in [1.54, 1.807) is 50.4 Å². The van der Waals surface area contributed by atoms with E-state index in [-0.39, 0.29) is 30.3 Å². The zero-order chi connectivity index (χ0) is 26.7. The lowest BCUT2D eigenvalue weighted by molar-refractivity contribution is 0.0197. The first kappa shape index (κ1) is 26.2. The fourth-order valence-electron chi connectivity index (χ4n) is 3.80. The predicted molar refractivity (Wildman–Crippen MR) is 141 cm³/mol. The van der Waals surface area contributed by atoms with Crippen LogP contribution in [-0.2, 0) is 11.3 Å². The van der Waals surface area contributed by atoms with Crippen molar-refractivity contribution in [2.45, 2.75) is 52.7 Å². The Kier molecular flexibility index (Phi) is 7.49. The highest BCUT2D eigenvalue weighted by Gasteiger charge is 2.24. The van der Waals surface area contributed by atoms with Gasteiger partial charge < -0.3 is 19.3 Å². The van der Waals surface area contributed by atoms with Crippen molar-refractivity contribution < 1.29 is 28.9 Å². The lowest BCUT2D eigenvalue weighted by Gasteiger charge is -2.18. The number of benzene rings is 1. The molecule has 1 aromatic carbocycles. The molecule has 0 spiro atoms. The van der Waals surface area contributed by atoms with Crippen molar-refractivity contribution in [2.75, 3.05) is 6.61 Å². The molecule has 37 heavy (non-hydrogen) atoms. The molecule has 0 aliphatic rings. The topological polar surface area (TPSA) is 117 Å². The Bertz CT molecular complexity index is 1530. The van der Waals surface area contributed by atoms with Gasteiger partial charge in [0.05, 0.1) is 28.9 Å². The minimum absolute atomic E-state index is 0.0948. The first-order valence-corrected chi connectivity index (χ1v) is 12.8. The van der Waals surface area contributed by atoms with Gasteiger partial charge in [0.25, 0.3) is 5.56 Å². The lowest BCUT2D eigenvalue weighted by atomic mass is 10.1. The molecule has 0 atom stereocenters. The van der Waals surface area contributed by atoms with Crippen molar-refractivity contribution in [3.8, 4) is 11.6 Å². The van der Waals surface area contributed by atoms with E-state index >= 15 is 0 Å². The molecule has 0 unspecified atom stereocenters. The second-order valence-corrected chi connectivity index (χ2v) is 10.4. The molecule has 194 valence electrons. The molecule has 3 heterocycles. The van der Waals surface area contributed by atoms with Gasteiger partial charge in [0, 0.05) is 11.5 Å². The highest BCUT2D eigenvalue weighted by atomic mass is 32.1. The molecule has 0 amide bonds. The van der Waals surface area contributed by atoms with Crippen molar-refractivity contribution in [2.24, 2.45) is 0 Å². The van der Waals surface area contributed by atoms with Gasteiger partial charge in [0.15, 0.2) is 0 Å². The fourth-order valence-corrected chi connectivity index (χ4v) is 4.73. The summed E-state index contributed by atoms with van der Waals surface area (Å²) >= 11 is 1.26. The third kappa shape index (κ3) is 5.91. The summed E-state index contributed by atoms with van der Waals surface area (Å²) in [5.74, 6) is -1.21. The molecule has 4 rings (SSSR count). The number of rotatable bonds is 8. The lowest BCUT2D eigenvalue weighted by Crippen LogP contribution is -2.26. The van der Waals surface area contributed by atoms with E-state index in [0.717, 1.165) is 17.4 Å². The van der Waals surface area contributed by atoms with Crippen LogP contribution in [0.1, 0.15) is 56.5 Å². The summed E-state index contributed by atoms with van der Waals surface area (Å²) in [6, 6.07) is 10.5. The normalized spacial score (nSPS) is 11.6. The number of nitrogens with zero attached hydrogens (tertiary/aromatic N) is 2. The Balaban J connectivity index is 1.67.